The maximum atomic E-state index is 11.1. The second kappa shape index (κ2) is 7.61. The molecule has 0 radical (unpaired) electrons. The van der Waals surface area contributed by atoms with Crippen molar-refractivity contribution in [2.75, 3.05) is 0 Å². The molecule has 4 atom stereocenters. The standard InChI is InChI=1S/C22H24N2O2/c1-3-6-17(7-4-2)24-20-9-5-8-18(20)19-13-15(10-11-21(19)24)12-16(14-23)22(25)26/h3-4,6-7,10-13,18-21H,1,5,8-9H2,2H3,(H,25,26)/b7-4-,16-12+,17-6+. The van der Waals surface area contributed by atoms with Crippen LogP contribution in [0.15, 0.2) is 72.0 Å². The number of hydrogen-bond acceptors (Lipinski definition) is 3. The molecular weight excluding hydrogens is 324 g/mol. The molecule has 3 aliphatic rings. The number of hydrogen-bond donors (Lipinski definition) is 1. The minimum absolute atomic E-state index is 0.224. The van der Waals surface area contributed by atoms with Crippen LogP contribution in [0.2, 0.25) is 0 Å². The SMILES string of the molecule is C=C/C=C(\C=C/C)N1C2C=CC(/C=C(\C#N)C(=O)O)=CC2C2CCCC21. The molecule has 1 N–H and O–H groups in total. The largest absolute Gasteiger partial charge is 0.477 e. The number of rotatable bonds is 5. The Bertz CT molecular complexity index is 791. The lowest BCUT2D eigenvalue weighted by Gasteiger charge is -2.33. The Balaban J connectivity index is 1.97. The average molecular weight is 348 g/mol. The zero-order valence-electron chi connectivity index (χ0n) is 15.0. The van der Waals surface area contributed by atoms with Gasteiger partial charge in [0.05, 0.1) is 6.04 Å². The van der Waals surface area contributed by atoms with Gasteiger partial charge in [-0.05, 0) is 49.5 Å². The maximum Gasteiger partial charge on any atom is 0.346 e. The topological polar surface area (TPSA) is 64.3 Å². The fourth-order valence-corrected chi connectivity index (χ4v) is 4.64. The lowest BCUT2D eigenvalue weighted by atomic mass is 9.83. The predicted molar refractivity (Wildman–Crippen MR) is 102 cm³/mol. The maximum absolute atomic E-state index is 11.1. The molecule has 0 bridgehead atoms. The molecule has 4 unspecified atom stereocenters. The summed E-state index contributed by atoms with van der Waals surface area (Å²) in [6.07, 6.45) is 19.4. The van der Waals surface area contributed by atoms with Gasteiger partial charge in [-0.15, -0.1) is 0 Å². The minimum Gasteiger partial charge on any atom is -0.477 e. The van der Waals surface area contributed by atoms with Crippen molar-refractivity contribution in [3.63, 3.8) is 0 Å². The van der Waals surface area contributed by atoms with E-state index in [1.165, 1.54) is 31.0 Å². The summed E-state index contributed by atoms with van der Waals surface area (Å²) in [6, 6.07) is 2.52. The van der Waals surface area contributed by atoms with Crippen LogP contribution in [0.25, 0.3) is 0 Å². The lowest BCUT2D eigenvalue weighted by molar-refractivity contribution is -0.132. The Kier molecular flexibility index (Phi) is 5.27. The Hall–Kier alpha value is -2.80. The summed E-state index contributed by atoms with van der Waals surface area (Å²) in [5, 5.41) is 18.1. The molecule has 1 aliphatic heterocycles. The van der Waals surface area contributed by atoms with Gasteiger partial charge in [0.25, 0.3) is 0 Å². The van der Waals surface area contributed by atoms with E-state index in [-0.39, 0.29) is 11.6 Å². The number of nitrogens with zero attached hydrogens (tertiary/aromatic N) is 2. The highest BCUT2D eigenvalue weighted by Gasteiger charge is 2.49. The van der Waals surface area contributed by atoms with E-state index in [0.717, 1.165) is 5.57 Å². The summed E-state index contributed by atoms with van der Waals surface area (Å²) in [7, 11) is 0. The number of likely N-dealkylation sites (tertiary alicyclic amines) is 1. The predicted octanol–water partition coefficient (Wildman–Crippen LogP) is 4.13. The quantitative estimate of drug-likeness (QED) is 0.461. The van der Waals surface area contributed by atoms with E-state index in [2.05, 4.69) is 41.9 Å². The first-order chi connectivity index (χ1) is 12.6. The smallest absolute Gasteiger partial charge is 0.346 e. The van der Waals surface area contributed by atoms with Crippen LogP contribution < -0.4 is 0 Å². The van der Waals surface area contributed by atoms with Crippen LogP contribution in [0.4, 0.5) is 0 Å². The third-order valence-electron chi connectivity index (χ3n) is 5.56. The normalized spacial score (nSPS) is 30.8. The van der Waals surface area contributed by atoms with Crippen LogP contribution in [-0.2, 0) is 4.79 Å². The fourth-order valence-electron chi connectivity index (χ4n) is 4.64. The van der Waals surface area contributed by atoms with Crippen molar-refractivity contribution in [1.29, 1.82) is 5.26 Å². The molecule has 0 aromatic heterocycles. The van der Waals surface area contributed by atoms with Gasteiger partial charge in [-0.2, -0.15) is 5.26 Å². The first kappa shape index (κ1) is 18.0. The van der Waals surface area contributed by atoms with E-state index < -0.39 is 5.97 Å². The highest BCUT2D eigenvalue weighted by molar-refractivity contribution is 5.91. The third-order valence-corrected chi connectivity index (χ3v) is 5.56. The van der Waals surface area contributed by atoms with Gasteiger partial charge >= 0.3 is 5.97 Å². The Labute approximate surface area is 154 Å². The van der Waals surface area contributed by atoms with Gasteiger partial charge in [0.1, 0.15) is 11.6 Å². The molecule has 2 fully saturated rings. The zero-order chi connectivity index (χ0) is 18.7. The Morgan fingerprint density at radius 1 is 1.46 bits per heavy atom. The molecule has 4 heteroatoms. The van der Waals surface area contributed by atoms with E-state index in [1.54, 1.807) is 6.07 Å². The van der Waals surface area contributed by atoms with Crippen molar-refractivity contribution in [1.82, 2.24) is 4.90 Å². The number of nitriles is 1. The van der Waals surface area contributed by atoms with Crippen molar-refractivity contribution in [3.8, 4) is 6.07 Å². The molecule has 2 aliphatic carbocycles. The van der Waals surface area contributed by atoms with Crippen LogP contribution in [0.3, 0.4) is 0 Å². The van der Waals surface area contributed by atoms with E-state index in [1.807, 2.05) is 19.1 Å². The van der Waals surface area contributed by atoms with Crippen LogP contribution in [0, 0.1) is 23.2 Å². The summed E-state index contributed by atoms with van der Waals surface area (Å²) < 4.78 is 0. The van der Waals surface area contributed by atoms with Crippen molar-refractivity contribution in [2.45, 2.75) is 38.3 Å². The highest BCUT2D eigenvalue weighted by Crippen LogP contribution is 2.49. The summed E-state index contributed by atoms with van der Waals surface area (Å²) in [5.41, 5.74) is 1.77. The summed E-state index contributed by atoms with van der Waals surface area (Å²) in [5.74, 6) is -0.284. The van der Waals surface area contributed by atoms with Gasteiger partial charge < -0.3 is 10.0 Å². The monoisotopic (exact) mass is 348 g/mol. The van der Waals surface area contributed by atoms with Gasteiger partial charge in [-0.25, -0.2) is 4.79 Å². The second-order valence-electron chi connectivity index (χ2n) is 6.97. The van der Waals surface area contributed by atoms with Gasteiger partial charge in [0.2, 0.25) is 0 Å². The van der Waals surface area contributed by atoms with E-state index in [0.29, 0.717) is 17.9 Å². The summed E-state index contributed by atoms with van der Waals surface area (Å²) in [4.78, 5) is 13.6. The van der Waals surface area contributed by atoms with E-state index in [4.69, 9.17) is 10.4 Å². The summed E-state index contributed by atoms with van der Waals surface area (Å²) >= 11 is 0. The van der Waals surface area contributed by atoms with Crippen molar-refractivity contribution in [2.24, 2.45) is 11.8 Å². The van der Waals surface area contributed by atoms with Crippen LogP contribution in [-0.4, -0.2) is 28.1 Å². The van der Waals surface area contributed by atoms with Gasteiger partial charge in [-0.1, -0.05) is 43.4 Å². The van der Waals surface area contributed by atoms with Crippen molar-refractivity contribution < 1.29 is 9.90 Å². The van der Waals surface area contributed by atoms with Crippen LogP contribution >= 0.6 is 0 Å². The molecule has 0 spiro atoms. The molecule has 0 amide bonds. The Morgan fingerprint density at radius 2 is 2.27 bits per heavy atom. The molecule has 3 rings (SSSR count). The number of carboxylic acids is 1. The minimum atomic E-state index is -1.18. The fraction of sp³-hybridized carbons (Fsp3) is 0.364. The van der Waals surface area contributed by atoms with E-state index >= 15 is 0 Å². The number of allylic oxidation sites excluding steroid dienone is 7. The number of carboxylic acid groups (broad SMARTS) is 1. The second-order valence-corrected chi connectivity index (χ2v) is 6.97. The zero-order valence-corrected chi connectivity index (χ0v) is 15.0. The molecule has 4 nitrogen and oxygen atoms in total. The molecular formula is C22H24N2O2. The molecule has 0 aromatic carbocycles. The number of fused-ring (bicyclic) bond motifs is 3. The van der Waals surface area contributed by atoms with Crippen molar-refractivity contribution in [3.05, 3.63) is 72.0 Å². The molecule has 134 valence electrons. The third kappa shape index (κ3) is 3.17. The van der Waals surface area contributed by atoms with Gasteiger partial charge in [0, 0.05) is 17.7 Å². The molecule has 26 heavy (non-hydrogen) atoms. The molecule has 0 aromatic rings. The lowest BCUT2D eigenvalue weighted by Crippen LogP contribution is -2.35. The number of carbonyl (C=O) groups is 1. The first-order valence-electron chi connectivity index (χ1n) is 9.09. The summed E-state index contributed by atoms with van der Waals surface area (Å²) in [6.45, 7) is 5.87. The van der Waals surface area contributed by atoms with Crippen LogP contribution in [0.5, 0.6) is 0 Å². The van der Waals surface area contributed by atoms with Gasteiger partial charge in [-0.3, -0.25) is 0 Å². The Morgan fingerprint density at radius 3 is 2.92 bits per heavy atom. The van der Waals surface area contributed by atoms with E-state index in [9.17, 15) is 4.79 Å². The molecule has 1 saturated carbocycles. The highest BCUT2D eigenvalue weighted by atomic mass is 16.4. The first-order valence-corrected chi connectivity index (χ1v) is 9.09. The molecule has 1 saturated heterocycles. The van der Waals surface area contributed by atoms with Gasteiger partial charge in [0.15, 0.2) is 0 Å². The molecule has 1 heterocycles. The average Bonchev–Trinajstić information content (AvgIpc) is 3.20. The number of aliphatic carboxylic acids is 1. The van der Waals surface area contributed by atoms with Crippen molar-refractivity contribution >= 4 is 5.97 Å². The van der Waals surface area contributed by atoms with Crippen LogP contribution in [0.1, 0.15) is 26.2 Å².